The normalized spacial score (nSPS) is 26.6. The van der Waals surface area contributed by atoms with Gasteiger partial charge in [-0.1, -0.05) is 89.5 Å². The molecule has 0 saturated carbocycles. The van der Waals surface area contributed by atoms with Gasteiger partial charge in [0.1, 0.15) is 66.5 Å². The molecule has 574 valence electrons. The number of carbonyl (C=O) groups is 12. The van der Waals surface area contributed by atoms with Crippen LogP contribution in [0.3, 0.4) is 0 Å². The number of carbonyl (C=O) groups excluding carboxylic acids is 12. The van der Waals surface area contributed by atoms with Crippen LogP contribution in [0.25, 0.3) is 0 Å². The third kappa shape index (κ3) is 26.0. The van der Waals surface area contributed by atoms with Gasteiger partial charge in [-0.15, -0.1) is 0 Å². The Balaban J connectivity index is 3.02. The number of amides is 12. The summed E-state index contributed by atoms with van der Waals surface area (Å²) < 4.78 is 16.6. The van der Waals surface area contributed by atoms with Crippen molar-refractivity contribution in [2.24, 2.45) is 35.5 Å². The molecule has 6 N–H and O–H groups in total. The number of aliphatic hydroxyl groups is 1. The van der Waals surface area contributed by atoms with Crippen LogP contribution in [-0.4, -0.2) is 296 Å². The molecule has 0 unspecified atom stereocenters. The maximum absolute atomic E-state index is 15.4. The van der Waals surface area contributed by atoms with Gasteiger partial charge in [0.2, 0.25) is 65.0 Å². The van der Waals surface area contributed by atoms with Crippen LogP contribution in [0.1, 0.15) is 169 Å². The monoisotopic (exact) mass is 1420 g/mol. The summed E-state index contributed by atoms with van der Waals surface area (Å²) in [5.74, 6) is -10.4. The number of alkyl carbamates (subject to hydrolysis) is 1. The summed E-state index contributed by atoms with van der Waals surface area (Å²) in [7, 11) is 11.0. The number of likely N-dealkylation sites (N-methyl/N-ethyl adjacent to an activating group) is 7. The van der Waals surface area contributed by atoms with Crippen molar-refractivity contribution in [3.63, 3.8) is 0 Å². The van der Waals surface area contributed by atoms with Crippen molar-refractivity contribution in [3.8, 4) is 0 Å². The molecule has 2 heterocycles. The molecule has 0 aliphatic carbocycles. The first kappa shape index (κ1) is 89.4. The molecule has 0 radical (unpaired) electrons. The lowest BCUT2D eigenvalue weighted by atomic mass is 9.90. The quantitative estimate of drug-likeness (QED) is 0.0801. The molecule has 0 spiro atoms. The van der Waals surface area contributed by atoms with E-state index in [0.717, 1.165) is 40.8 Å². The van der Waals surface area contributed by atoms with Gasteiger partial charge in [0.15, 0.2) is 0 Å². The lowest BCUT2D eigenvalue weighted by Crippen LogP contribution is -2.64. The van der Waals surface area contributed by atoms with Crippen LogP contribution in [0.15, 0.2) is 0 Å². The Labute approximate surface area is 596 Å². The van der Waals surface area contributed by atoms with E-state index in [2.05, 4.69) is 31.5 Å². The summed E-state index contributed by atoms with van der Waals surface area (Å²) in [4.78, 5) is 187. The molecule has 0 aromatic heterocycles. The first-order valence-corrected chi connectivity index (χ1v) is 36.1. The fraction of sp³-hybridized carbons (Fsp3) is 0.831. The molecule has 29 heteroatoms. The van der Waals surface area contributed by atoms with E-state index in [1.54, 1.807) is 48.5 Å². The molecule has 2 aliphatic rings. The summed E-state index contributed by atoms with van der Waals surface area (Å²) in [6.07, 6.45) is -0.321. The predicted molar refractivity (Wildman–Crippen MR) is 380 cm³/mol. The maximum Gasteiger partial charge on any atom is 0.406 e. The molecule has 2 aliphatic heterocycles. The minimum Gasteiger partial charge on any atom is -0.453 e. The molecule has 2 fully saturated rings. The minimum atomic E-state index is -1.70. The second kappa shape index (κ2) is 42.6. The van der Waals surface area contributed by atoms with Crippen molar-refractivity contribution < 1.29 is 76.9 Å². The Morgan fingerprint density at radius 3 is 1.53 bits per heavy atom. The van der Waals surface area contributed by atoms with Crippen LogP contribution in [0.2, 0.25) is 0 Å². The largest absolute Gasteiger partial charge is 0.453 e. The lowest BCUT2D eigenvalue weighted by molar-refractivity contribution is -0.157. The van der Waals surface area contributed by atoms with Crippen LogP contribution in [-0.2, 0) is 67.0 Å². The van der Waals surface area contributed by atoms with E-state index in [1.807, 2.05) is 41.5 Å². The van der Waals surface area contributed by atoms with E-state index in [1.165, 1.54) is 96.8 Å². The summed E-state index contributed by atoms with van der Waals surface area (Å²) in [5.41, 5.74) is 0. The Kier molecular flexibility index (Phi) is 38.1. The molecule has 2 saturated heterocycles. The average Bonchev–Trinajstić information content (AvgIpc) is 0.809. The van der Waals surface area contributed by atoms with Crippen molar-refractivity contribution in [1.82, 2.24) is 65.8 Å². The van der Waals surface area contributed by atoms with Crippen LogP contribution >= 0.6 is 0 Å². The molecule has 12 amide bonds. The fourth-order valence-electron chi connectivity index (χ4n) is 12.8. The van der Waals surface area contributed by atoms with Gasteiger partial charge in [-0.2, -0.15) is 0 Å². The smallest absolute Gasteiger partial charge is 0.406 e. The number of ether oxygens (including phenoxy) is 3. The molecule has 0 aromatic carbocycles. The highest BCUT2D eigenvalue weighted by molar-refractivity contribution is 6.00. The summed E-state index contributed by atoms with van der Waals surface area (Å²) in [6.45, 7) is 31.4. The Morgan fingerprint density at radius 1 is 0.520 bits per heavy atom. The van der Waals surface area contributed by atoms with Gasteiger partial charge in [-0.25, -0.2) is 4.79 Å². The van der Waals surface area contributed by atoms with Gasteiger partial charge in [-0.3, -0.25) is 57.6 Å². The first-order chi connectivity index (χ1) is 46.6. The van der Waals surface area contributed by atoms with E-state index in [9.17, 15) is 33.9 Å². The molecule has 14 atom stereocenters. The highest BCUT2D eigenvalue weighted by Gasteiger charge is 2.47. The molecular formula is C71H129N13O16. The van der Waals surface area contributed by atoms with E-state index >= 15 is 28.8 Å². The second-order valence-electron chi connectivity index (χ2n) is 29.6. The van der Waals surface area contributed by atoms with Gasteiger partial charge in [0.05, 0.1) is 32.5 Å². The third-order valence-electron chi connectivity index (χ3n) is 19.4. The lowest BCUT2D eigenvalue weighted by Gasteiger charge is -2.41. The van der Waals surface area contributed by atoms with E-state index in [0.29, 0.717) is 38.9 Å². The van der Waals surface area contributed by atoms with Crippen LogP contribution in [0.4, 0.5) is 4.79 Å². The SMILES string of the molecule is CC[C@@H]1NC(=O)[C@H]([C@H](O)[C@H](C)CCCCNC(=O)OC)N(C)C(=O)[C@H](C(C)C)N(C)C(=O)[C@H](CC(C)C)N(C)C(=O)[C@H](CC(C)C)N(C)C(=O)[C@@H](C)NC(=O)[C@H](C)NC(=O)[C@H](CC(C)C)N(C)C(=O)[C@H](C(C)C)NC(=O)[C@H]([C@@H](C)OCCCCN2CCOCC2)N(C)C(=O)[C@@H](C)N(C)C1=O. The van der Waals surface area contributed by atoms with Gasteiger partial charge in [0.25, 0.3) is 0 Å². The molecule has 100 heavy (non-hydrogen) atoms. The Morgan fingerprint density at radius 2 is 1.01 bits per heavy atom. The minimum absolute atomic E-state index is 0.0422. The summed E-state index contributed by atoms with van der Waals surface area (Å²) >= 11 is 0. The topological polar surface area (TPSA) is 339 Å². The van der Waals surface area contributed by atoms with Gasteiger partial charge in [0, 0.05) is 75.6 Å². The van der Waals surface area contributed by atoms with Crippen molar-refractivity contribution in [1.29, 1.82) is 0 Å². The van der Waals surface area contributed by atoms with Gasteiger partial charge < -0.3 is 80.2 Å². The standard InChI is InChI=1S/C71H129N13O16/c1-25-51-66(92)77(17)49(15)65(91)82(22)57(50(16)100-35-29-28-32-84-33-36-99-37-34-84)62(88)76-55(44(8)9)69(95)78(18)52(38-41(2)3)61(87)73-47(13)60(86)74-48(14)64(90)79(19)53(39-42(4)5)67(93)80(20)54(40-43(6)7)68(94)81(21)56(45(10)11)70(96)83(23)58(63(89)75-51)59(85)46(12)30-26-27-31-72-71(97)98-24/h41-59,85H,25-40H2,1-24H3,(H,72,97)(H,73,87)(H,74,86)(H,75,89)(H,76,88)/t46-,47+,48-,49-,50-,51+,52+,53+,54+,55+,56+,57+,58+,59-/m1/s1. The van der Waals surface area contributed by atoms with Crippen molar-refractivity contribution in [3.05, 3.63) is 0 Å². The number of nitrogens with one attached hydrogen (secondary N) is 5. The number of unbranched alkanes of at least 4 members (excludes halogenated alkanes) is 2. The zero-order chi connectivity index (χ0) is 76.5. The summed E-state index contributed by atoms with van der Waals surface area (Å²) in [6, 6.07) is -14.5. The fourth-order valence-corrected chi connectivity index (χ4v) is 12.8. The highest BCUT2D eigenvalue weighted by Crippen LogP contribution is 2.26. The Hall–Kier alpha value is -6.72. The van der Waals surface area contributed by atoms with Crippen LogP contribution < -0.4 is 26.6 Å². The van der Waals surface area contributed by atoms with Gasteiger partial charge in [-0.05, 0) is 121 Å². The van der Waals surface area contributed by atoms with Gasteiger partial charge >= 0.3 is 6.09 Å². The maximum atomic E-state index is 15.4. The van der Waals surface area contributed by atoms with Crippen LogP contribution in [0.5, 0.6) is 0 Å². The van der Waals surface area contributed by atoms with E-state index < -0.39 is 167 Å². The van der Waals surface area contributed by atoms with Crippen molar-refractivity contribution in [2.75, 3.05) is 102 Å². The number of morpholine rings is 1. The third-order valence-corrected chi connectivity index (χ3v) is 19.4. The number of methoxy groups -OCH3 is 1. The Bertz CT molecular complexity index is 2700. The van der Waals surface area contributed by atoms with Crippen molar-refractivity contribution in [2.45, 2.75) is 247 Å². The average molecular weight is 1420 g/mol. The summed E-state index contributed by atoms with van der Waals surface area (Å²) in [5, 5.41) is 26.1. The molecular weight excluding hydrogens is 1290 g/mol. The predicted octanol–water partition coefficient (Wildman–Crippen LogP) is 2.69. The zero-order valence-corrected chi connectivity index (χ0v) is 64.9. The molecule has 2 rings (SSSR count). The first-order valence-electron chi connectivity index (χ1n) is 36.1. The molecule has 29 nitrogen and oxygen atoms in total. The highest BCUT2D eigenvalue weighted by atomic mass is 16.5. The number of aliphatic hydroxyl groups excluding tert-OH is 1. The number of hydrogen-bond donors (Lipinski definition) is 6. The number of rotatable bonds is 23. The van der Waals surface area contributed by atoms with Crippen molar-refractivity contribution >= 4 is 71.1 Å². The molecule has 0 aromatic rings. The number of hydrogen-bond acceptors (Lipinski definition) is 17. The zero-order valence-electron chi connectivity index (χ0n) is 64.9. The van der Waals surface area contributed by atoms with E-state index in [4.69, 9.17) is 14.2 Å². The number of nitrogens with zero attached hydrogens (tertiary/aromatic N) is 8. The van der Waals surface area contributed by atoms with Crippen LogP contribution in [0, 0.1) is 35.5 Å². The molecule has 0 bridgehead atoms. The van der Waals surface area contributed by atoms with E-state index in [-0.39, 0.29) is 56.6 Å². The second-order valence-corrected chi connectivity index (χ2v) is 29.6.